The van der Waals surface area contributed by atoms with E-state index in [1.165, 1.54) is 0 Å². The van der Waals surface area contributed by atoms with Crippen molar-refractivity contribution in [3.63, 3.8) is 0 Å². The van der Waals surface area contributed by atoms with E-state index in [1.54, 1.807) is 12.1 Å². The molecule has 0 spiro atoms. The first-order valence-corrected chi connectivity index (χ1v) is 4.92. The zero-order valence-corrected chi connectivity index (χ0v) is 8.66. The van der Waals surface area contributed by atoms with Gasteiger partial charge in [-0.15, -0.1) is 0 Å². The van der Waals surface area contributed by atoms with Gasteiger partial charge in [0.15, 0.2) is 0 Å². The minimum absolute atomic E-state index is 0.00497. The van der Waals surface area contributed by atoms with Crippen LogP contribution in [0.5, 0.6) is 0 Å². The van der Waals surface area contributed by atoms with E-state index < -0.39 is 5.24 Å². The molecule has 0 fully saturated rings. The third-order valence-corrected chi connectivity index (χ3v) is 2.53. The molecular formula is C12H9ClO2. The molecule has 0 atom stereocenters. The summed E-state index contributed by atoms with van der Waals surface area (Å²) in [5, 5.41) is 10.4. The van der Waals surface area contributed by atoms with Crippen molar-refractivity contribution in [2.45, 2.75) is 6.61 Å². The lowest BCUT2D eigenvalue weighted by molar-refractivity contribution is 0.108. The van der Waals surface area contributed by atoms with Crippen molar-refractivity contribution >= 4 is 27.6 Å². The molecule has 0 heterocycles. The lowest BCUT2D eigenvalue weighted by atomic mass is 10.0. The van der Waals surface area contributed by atoms with Crippen LogP contribution in [0.4, 0.5) is 0 Å². The topological polar surface area (TPSA) is 37.3 Å². The second-order valence-corrected chi connectivity index (χ2v) is 3.67. The standard InChI is InChI=1S/C12H9ClO2/c13-12(15)10-4-3-9-2-1-8(7-14)5-11(9)6-10/h1-6,14H,7H2. The van der Waals surface area contributed by atoms with Gasteiger partial charge in [-0.25, -0.2) is 0 Å². The Kier molecular flexibility index (Phi) is 2.71. The zero-order valence-electron chi connectivity index (χ0n) is 7.90. The van der Waals surface area contributed by atoms with E-state index in [1.807, 2.05) is 24.3 Å². The lowest BCUT2D eigenvalue weighted by Crippen LogP contribution is -1.89. The third-order valence-electron chi connectivity index (χ3n) is 2.31. The van der Waals surface area contributed by atoms with Crippen LogP contribution in [0.25, 0.3) is 10.8 Å². The molecular weight excluding hydrogens is 212 g/mol. The fraction of sp³-hybridized carbons (Fsp3) is 0.0833. The predicted octanol–water partition coefficient (Wildman–Crippen LogP) is 2.71. The molecule has 15 heavy (non-hydrogen) atoms. The molecule has 0 aliphatic rings. The van der Waals surface area contributed by atoms with Gasteiger partial charge in [-0.05, 0) is 46.1 Å². The van der Waals surface area contributed by atoms with Crippen LogP contribution < -0.4 is 0 Å². The molecule has 0 aromatic heterocycles. The van der Waals surface area contributed by atoms with E-state index in [0.717, 1.165) is 16.3 Å². The molecule has 3 heteroatoms. The largest absolute Gasteiger partial charge is 0.392 e. The molecule has 0 bridgehead atoms. The summed E-state index contributed by atoms with van der Waals surface area (Å²) in [4.78, 5) is 11.0. The SMILES string of the molecule is O=C(Cl)c1ccc2ccc(CO)cc2c1. The van der Waals surface area contributed by atoms with Gasteiger partial charge >= 0.3 is 0 Å². The van der Waals surface area contributed by atoms with Gasteiger partial charge in [0, 0.05) is 5.56 Å². The average molecular weight is 221 g/mol. The number of rotatable bonds is 2. The van der Waals surface area contributed by atoms with Gasteiger partial charge in [0.1, 0.15) is 0 Å². The summed E-state index contributed by atoms with van der Waals surface area (Å²) in [6, 6.07) is 10.9. The Morgan fingerprint density at radius 1 is 1.13 bits per heavy atom. The van der Waals surface area contributed by atoms with E-state index in [4.69, 9.17) is 16.7 Å². The average Bonchev–Trinajstić information content (AvgIpc) is 2.27. The number of carbonyl (C=O) groups is 1. The Hall–Kier alpha value is -1.38. The maximum absolute atomic E-state index is 11.0. The monoisotopic (exact) mass is 220 g/mol. The molecule has 76 valence electrons. The van der Waals surface area contributed by atoms with Crippen molar-refractivity contribution in [2.75, 3.05) is 0 Å². The van der Waals surface area contributed by atoms with Crippen molar-refractivity contribution in [2.24, 2.45) is 0 Å². The number of aliphatic hydroxyl groups excluding tert-OH is 1. The fourth-order valence-corrected chi connectivity index (χ4v) is 1.63. The number of hydrogen-bond acceptors (Lipinski definition) is 2. The summed E-state index contributed by atoms with van der Waals surface area (Å²) in [5.41, 5.74) is 1.29. The first kappa shape index (κ1) is 10.1. The summed E-state index contributed by atoms with van der Waals surface area (Å²) >= 11 is 5.39. The molecule has 0 radical (unpaired) electrons. The Morgan fingerprint density at radius 2 is 1.87 bits per heavy atom. The molecule has 0 amide bonds. The number of benzene rings is 2. The number of aliphatic hydroxyl groups is 1. The van der Waals surface area contributed by atoms with Crippen LogP contribution in [0.2, 0.25) is 0 Å². The first-order valence-electron chi connectivity index (χ1n) is 4.54. The Morgan fingerprint density at radius 3 is 2.53 bits per heavy atom. The molecule has 2 aromatic rings. The fourth-order valence-electron chi connectivity index (χ4n) is 1.52. The summed E-state index contributed by atoms with van der Waals surface area (Å²) in [7, 11) is 0. The van der Waals surface area contributed by atoms with Crippen molar-refractivity contribution in [1.29, 1.82) is 0 Å². The van der Waals surface area contributed by atoms with Crippen molar-refractivity contribution < 1.29 is 9.90 Å². The van der Waals surface area contributed by atoms with Crippen LogP contribution >= 0.6 is 11.6 Å². The van der Waals surface area contributed by atoms with Crippen LogP contribution in [-0.2, 0) is 6.61 Å². The molecule has 0 aliphatic carbocycles. The van der Waals surface area contributed by atoms with E-state index >= 15 is 0 Å². The molecule has 0 saturated carbocycles. The minimum Gasteiger partial charge on any atom is -0.392 e. The van der Waals surface area contributed by atoms with Gasteiger partial charge in [-0.2, -0.15) is 0 Å². The van der Waals surface area contributed by atoms with Crippen LogP contribution in [0.1, 0.15) is 15.9 Å². The normalized spacial score (nSPS) is 10.5. The lowest BCUT2D eigenvalue weighted by Gasteiger charge is -2.02. The van der Waals surface area contributed by atoms with E-state index in [0.29, 0.717) is 5.56 Å². The summed E-state index contributed by atoms with van der Waals surface area (Å²) < 4.78 is 0. The molecule has 0 aliphatic heterocycles. The van der Waals surface area contributed by atoms with Crippen LogP contribution in [0.3, 0.4) is 0 Å². The molecule has 2 nitrogen and oxygen atoms in total. The quantitative estimate of drug-likeness (QED) is 0.791. The summed E-state index contributed by atoms with van der Waals surface area (Å²) in [6.45, 7) is -0.00497. The van der Waals surface area contributed by atoms with Gasteiger partial charge in [-0.1, -0.05) is 18.2 Å². The highest BCUT2D eigenvalue weighted by atomic mass is 35.5. The molecule has 0 unspecified atom stereocenters. The Balaban J connectivity index is 2.62. The molecule has 2 aromatic carbocycles. The second-order valence-electron chi connectivity index (χ2n) is 3.33. The number of fused-ring (bicyclic) bond motifs is 1. The van der Waals surface area contributed by atoms with Crippen LogP contribution in [0.15, 0.2) is 36.4 Å². The highest BCUT2D eigenvalue weighted by molar-refractivity contribution is 6.67. The number of halogens is 1. The van der Waals surface area contributed by atoms with Crippen LogP contribution in [-0.4, -0.2) is 10.3 Å². The van der Waals surface area contributed by atoms with E-state index in [9.17, 15) is 4.79 Å². The highest BCUT2D eigenvalue weighted by Gasteiger charge is 2.03. The van der Waals surface area contributed by atoms with E-state index in [2.05, 4.69) is 0 Å². The molecule has 2 rings (SSSR count). The van der Waals surface area contributed by atoms with Gasteiger partial charge in [0.25, 0.3) is 5.24 Å². The smallest absolute Gasteiger partial charge is 0.252 e. The second kappa shape index (κ2) is 4.01. The highest BCUT2D eigenvalue weighted by Crippen LogP contribution is 2.19. The van der Waals surface area contributed by atoms with Gasteiger partial charge in [0.05, 0.1) is 6.61 Å². The maximum atomic E-state index is 11.0. The maximum Gasteiger partial charge on any atom is 0.252 e. The summed E-state index contributed by atoms with van der Waals surface area (Å²) in [5.74, 6) is 0. The number of carbonyl (C=O) groups excluding carboxylic acids is 1. The van der Waals surface area contributed by atoms with Crippen LogP contribution in [0, 0.1) is 0 Å². The van der Waals surface area contributed by atoms with Crippen molar-refractivity contribution in [3.05, 3.63) is 47.5 Å². The first-order chi connectivity index (χ1) is 7.20. The van der Waals surface area contributed by atoms with Gasteiger partial charge in [-0.3, -0.25) is 4.79 Å². The van der Waals surface area contributed by atoms with Crippen molar-refractivity contribution in [1.82, 2.24) is 0 Å². The Bertz CT molecular complexity index is 520. The van der Waals surface area contributed by atoms with E-state index in [-0.39, 0.29) is 6.61 Å². The molecule has 0 saturated heterocycles. The van der Waals surface area contributed by atoms with Gasteiger partial charge < -0.3 is 5.11 Å². The number of hydrogen-bond donors (Lipinski definition) is 1. The third kappa shape index (κ3) is 2.01. The summed E-state index contributed by atoms with van der Waals surface area (Å²) in [6.07, 6.45) is 0. The van der Waals surface area contributed by atoms with Gasteiger partial charge in [0.2, 0.25) is 0 Å². The predicted molar refractivity (Wildman–Crippen MR) is 60.1 cm³/mol. The molecule has 1 N–H and O–H groups in total. The van der Waals surface area contributed by atoms with Crippen molar-refractivity contribution in [3.8, 4) is 0 Å². The minimum atomic E-state index is -0.466. The zero-order chi connectivity index (χ0) is 10.8. The Labute approximate surface area is 92.1 Å².